The summed E-state index contributed by atoms with van der Waals surface area (Å²) in [5, 5.41) is 8.81. The molecule has 0 unspecified atom stereocenters. The predicted octanol–water partition coefficient (Wildman–Crippen LogP) is 2.09. The Morgan fingerprint density at radius 3 is 2.52 bits per heavy atom. The van der Waals surface area contributed by atoms with Crippen LogP contribution in [0.3, 0.4) is 0 Å². The van der Waals surface area contributed by atoms with Crippen LogP contribution < -0.4 is 10.9 Å². The molecule has 0 spiro atoms. The third-order valence-electron chi connectivity index (χ3n) is 3.62. The van der Waals surface area contributed by atoms with Crippen molar-refractivity contribution in [3.05, 3.63) is 29.8 Å². The molecule has 1 aromatic carbocycles. The van der Waals surface area contributed by atoms with Crippen LogP contribution in [0.15, 0.2) is 29.3 Å². The summed E-state index contributed by atoms with van der Waals surface area (Å²) in [6.45, 7) is 5.77. The number of carboxylic acid groups (broad SMARTS) is 1. The molecule has 1 saturated heterocycles. The third-order valence-corrected chi connectivity index (χ3v) is 3.62. The molecule has 7 nitrogen and oxygen atoms in total. The van der Waals surface area contributed by atoms with Gasteiger partial charge in [0.15, 0.2) is 0 Å². The molecule has 0 bridgehead atoms. The van der Waals surface area contributed by atoms with E-state index < -0.39 is 5.97 Å². The third kappa shape index (κ3) is 9.62. The molecule has 2 rings (SSSR count). The van der Waals surface area contributed by atoms with E-state index in [0.29, 0.717) is 5.69 Å². The Labute approximate surface area is 160 Å². The zero-order valence-electron chi connectivity index (χ0n) is 14.0. The molecule has 1 aliphatic heterocycles. The molecule has 1 heterocycles. The normalized spacial score (nSPS) is 14.6. The summed E-state index contributed by atoms with van der Waals surface area (Å²) < 4.78 is 5.32. The van der Waals surface area contributed by atoms with Crippen LogP contribution in [0.5, 0.6) is 0 Å². The molecule has 0 aliphatic carbocycles. The van der Waals surface area contributed by atoms with Crippen LogP contribution in [0.4, 0.5) is 5.69 Å². The quantitative estimate of drug-likeness (QED) is 0.258. The minimum Gasteiger partial charge on any atom is -0.478 e. The second-order valence-electron chi connectivity index (χ2n) is 5.34. The van der Waals surface area contributed by atoms with Crippen molar-refractivity contribution in [1.29, 1.82) is 0 Å². The van der Waals surface area contributed by atoms with E-state index in [4.69, 9.17) is 9.84 Å². The number of aromatic carboxylic acids is 1. The summed E-state index contributed by atoms with van der Waals surface area (Å²) in [7, 11) is 0. The number of nitrogens with zero attached hydrogens (tertiary/aromatic N) is 2. The number of benzene rings is 1. The van der Waals surface area contributed by atoms with Gasteiger partial charge in [0.1, 0.15) is 6.34 Å². The van der Waals surface area contributed by atoms with Crippen molar-refractivity contribution < 1.29 is 14.6 Å². The average molecular weight is 393 g/mol. The van der Waals surface area contributed by atoms with Crippen molar-refractivity contribution in [2.75, 3.05) is 39.4 Å². The van der Waals surface area contributed by atoms with E-state index in [-0.39, 0.29) is 30.4 Å². The van der Waals surface area contributed by atoms with Crippen LogP contribution in [0.2, 0.25) is 0 Å². The molecule has 142 valence electrons. The highest BCUT2D eigenvalue weighted by atomic mass is 35.5. The molecule has 3 N–H and O–H groups in total. The number of hydrazine groups is 1. The number of hydrogen-bond donors (Lipinski definition) is 3. The van der Waals surface area contributed by atoms with Gasteiger partial charge in [-0.3, -0.25) is 4.90 Å². The fourth-order valence-electron chi connectivity index (χ4n) is 2.29. The van der Waals surface area contributed by atoms with Gasteiger partial charge in [-0.2, -0.15) is 0 Å². The Kier molecular flexibility index (Phi) is 13.1. The number of unbranched alkanes of at least 4 members (excludes halogenated alkanes) is 1. The Balaban J connectivity index is 0.00000288. The summed E-state index contributed by atoms with van der Waals surface area (Å²) in [5.41, 5.74) is 6.97. The number of halogens is 2. The van der Waals surface area contributed by atoms with Crippen LogP contribution in [-0.2, 0) is 4.74 Å². The lowest BCUT2D eigenvalue weighted by atomic mass is 10.2. The number of ether oxygens (including phenoxy) is 1. The maximum absolute atomic E-state index is 10.7. The van der Waals surface area contributed by atoms with E-state index in [1.165, 1.54) is 12.1 Å². The molecule has 0 aromatic heterocycles. The maximum atomic E-state index is 10.7. The van der Waals surface area contributed by atoms with Gasteiger partial charge in [-0.05, 0) is 43.7 Å². The van der Waals surface area contributed by atoms with Gasteiger partial charge in [0, 0.05) is 19.6 Å². The highest BCUT2D eigenvalue weighted by molar-refractivity contribution is 5.88. The van der Waals surface area contributed by atoms with Crippen molar-refractivity contribution in [3.8, 4) is 0 Å². The number of rotatable bonds is 9. The minimum atomic E-state index is -0.933. The van der Waals surface area contributed by atoms with Gasteiger partial charge in [-0.1, -0.05) is 0 Å². The molecule has 1 aliphatic rings. The van der Waals surface area contributed by atoms with Gasteiger partial charge < -0.3 is 15.3 Å². The van der Waals surface area contributed by atoms with E-state index in [2.05, 4.69) is 20.7 Å². The number of aliphatic imine (C=N–C) groups is 1. The fraction of sp³-hybridized carbons (Fsp3) is 0.500. The summed E-state index contributed by atoms with van der Waals surface area (Å²) in [6.07, 6.45) is 3.81. The van der Waals surface area contributed by atoms with Gasteiger partial charge in [0.25, 0.3) is 0 Å². The van der Waals surface area contributed by atoms with Gasteiger partial charge in [0.2, 0.25) is 0 Å². The van der Waals surface area contributed by atoms with Crippen molar-refractivity contribution in [3.63, 3.8) is 0 Å². The second kappa shape index (κ2) is 13.9. The minimum absolute atomic E-state index is 0. The maximum Gasteiger partial charge on any atom is 0.335 e. The molecule has 0 amide bonds. The Hall–Kier alpha value is -1.38. The van der Waals surface area contributed by atoms with Crippen molar-refractivity contribution in [1.82, 2.24) is 15.8 Å². The van der Waals surface area contributed by atoms with Crippen LogP contribution in [-0.4, -0.2) is 61.7 Å². The van der Waals surface area contributed by atoms with Gasteiger partial charge in [0.05, 0.1) is 24.5 Å². The summed E-state index contributed by atoms with van der Waals surface area (Å²) in [5.74, 6) is -0.933. The van der Waals surface area contributed by atoms with Gasteiger partial charge in [-0.25, -0.2) is 15.2 Å². The molecule has 0 saturated carbocycles. The first-order valence-electron chi connectivity index (χ1n) is 7.90. The number of carboxylic acids is 1. The van der Waals surface area contributed by atoms with Crippen LogP contribution in [0.25, 0.3) is 0 Å². The Morgan fingerprint density at radius 1 is 1.20 bits per heavy atom. The van der Waals surface area contributed by atoms with Crippen LogP contribution in [0.1, 0.15) is 23.2 Å². The fourth-order valence-corrected chi connectivity index (χ4v) is 2.29. The van der Waals surface area contributed by atoms with Crippen molar-refractivity contribution >= 4 is 42.8 Å². The average Bonchev–Trinajstić information content (AvgIpc) is 2.58. The summed E-state index contributed by atoms with van der Waals surface area (Å²) in [4.78, 5) is 17.3. The smallest absolute Gasteiger partial charge is 0.335 e. The van der Waals surface area contributed by atoms with Crippen LogP contribution >= 0.6 is 24.8 Å². The molecular weight excluding hydrogens is 367 g/mol. The predicted molar refractivity (Wildman–Crippen MR) is 104 cm³/mol. The largest absolute Gasteiger partial charge is 0.478 e. The molecule has 1 fully saturated rings. The van der Waals surface area contributed by atoms with Crippen LogP contribution in [0, 0.1) is 0 Å². The van der Waals surface area contributed by atoms with E-state index in [0.717, 1.165) is 52.2 Å². The molecule has 0 atom stereocenters. The zero-order valence-corrected chi connectivity index (χ0v) is 15.7. The standard InChI is InChI=1S/C16H24N4O3.2ClH/c21-16(22)14-3-5-15(6-4-14)17-13-19-18-7-1-2-8-20-9-11-23-12-10-20;;/h3-6,13,18H,1-2,7-12H2,(H,17,19)(H,21,22);2*1H. The zero-order chi connectivity index (χ0) is 16.3. The SMILES string of the molecule is Cl.Cl.O=C(O)c1ccc(N=CNNCCCCN2CCOCC2)cc1. The lowest BCUT2D eigenvalue weighted by molar-refractivity contribution is 0.0372. The molecule has 1 aromatic rings. The highest BCUT2D eigenvalue weighted by Gasteiger charge is 2.08. The summed E-state index contributed by atoms with van der Waals surface area (Å²) in [6, 6.07) is 6.41. The highest BCUT2D eigenvalue weighted by Crippen LogP contribution is 2.11. The molecular formula is C16H26Cl2N4O3. The first-order valence-corrected chi connectivity index (χ1v) is 7.90. The number of nitrogens with one attached hydrogen (secondary N) is 2. The lowest BCUT2D eigenvalue weighted by Gasteiger charge is -2.26. The van der Waals surface area contributed by atoms with Gasteiger partial charge in [-0.15, -0.1) is 24.8 Å². The Bertz CT molecular complexity index is 509. The van der Waals surface area contributed by atoms with E-state index >= 15 is 0 Å². The lowest BCUT2D eigenvalue weighted by Crippen LogP contribution is -2.37. The molecule has 25 heavy (non-hydrogen) atoms. The Morgan fingerprint density at radius 2 is 1.88 bits per heavy atom. The molecule has 9 heteroatoms. The van der Waals surface area contributed by atoms with Crippen molar-refractivity contribution in [2.24, 2.45) is 4.99 Å². The number of morpholine rings is 1. The second-order valence-corrected chi connectivity index (χ2v) is 5.34. The summed E-state index contributed by atoms with van der Waals surface area (Å²) >= 11 is 0. The first kappa shape index (κ1) is 23.6. The van der Waals surface area contributed by atoms with Crippen molar-refractivity contribution in [2.45, 2.75) is 12.8 Å². The van der Waals surface area contributed by atoms with E-state index in [1.54, 1.807) is 18.5 Å². The first-order chi connectivity index (χ1) is 11.3. The van der Waals surface area contributed by atoms with Gasteiger partial charge >= 0.3 is 5.97 Å². The van der Waals surface area contributed by atoms with E-state index in [9.17, 15) is 4.79 Å². The number of carbonyl (C=O) groups is 1. The monoisotopic (exact) mass is 392 g/mol. The topological polar surface area (TPSA) is 86.2 Å². The number of hydrogen-bond acceptors (Lipinski definition) is 5. The molecule has 0 radical (unpaired) electrons. The van der Waals surface area contributed by atoms with E-state index in [1.807, 2.05) is 0 Å².